The minimum absolute atomic E-state index is 0.202. The van der Waals surface area contributed by atoms with Gasteiger partial charge in [0, 0.05) is 12.8 Å². The lowest BCUT2D eigenvalue weighted by Gasteiger charge is -2.30. The topological polar surface area (TPSA) is 39.4 Å². The standard InChI is InChI=1S/C16H22O3/c1-12(17)7-8-15(3)9-10-16(4,19-15)11-14-6-5-13(2)18-14/h5-6,9-10H,7-8,11H2,1-4H3. The Balaban J connectivity index is 2.00. The Morgan fingerprint density at radius 2 is 1.89 bits per heavy atom. The van der Waals surface area contributed by atoms with Crippen LogP contribution < -0.4 is 0 Å². The van der Waals surface area contributed by atoms with Gasteiger partial charge in [0.05, 0.1) is 11.2 Å². The van der Waals surface area contributed by atoms with E-state index >= 15 is 0 Å². The molecule has 0 bridgehead atoms. The highest BCUT2D eigenvalue weighted by molar-refractivity contribution is 5.75. The Kier molecular flexibility index (Phi) is 3.68. The van der Waals surface area contributed by atoms with E-state index in [0.29, 0.717) is 12.8 Å². The first-order valence-electron chi connectivity index (χ1n) is 6.76. The molecule has 0 aromatic carbocycles. The molecule has 0 saturated heterocycles. The molecular formula is C16H22O3. The molecule has 19 heavy (non-hydrogen) atoms. The van der Waals surface area contributed by atoms with Gasteiger partial charge in [-0.2, -0.15) is 0 Å². The summed E-state index contributed by atoms with van der Waals surface area (Å²) in [6.07, 6.45) is 6.16. The van der Waals surface area contributed by atoms with Crippen molar-refractivity contribution in [3.8, 4) is 0 Å². The van der Waals surface area contributed by atoms with Crippen molar-refractivity contribution in [2.45, 2.75) is 58.2 Å². The van der Waals surface area contributed by atoms with Crippen LogP contribution in [0.25, 0.3) is 0 Å². The van der Waals surface area contributed by atoms with Crippen LogP contribution in [0.15, 0.2) is 28.7 Å². The molecule has 1 aliphatic heterocycles. The predicted molar refractivity (Wildman–Crippen MR) is 74.1 cm³/mol. The number of carbonyl (C=O) groups is 1. The largest absolute Gasteiger partial charge is 0.466 e. The van der Waals surface area contributed by atoms with Crippen molar-refractivity contribution in [1.29, 1.82) is 0 Å². The zero-order valence-corrected chi connectivity index (χ0v) is 12.2. The summed E-state index contributed by atoms with van der Waals surface area (Å²) in [6, 6.07) is 3.95. The van der Waals surface area contributed by atoms with Crippen LogP contribution in [0.1, 0.15) is 45.1 Å². The van der Waals surface area contributed by atoms with Gasteiger partial charge in [-0.25, -0.2) is 0 Å². The van der Waals surface area contributed by atoms with Gasteiger partial charge in [-0.3, -0.25) is 0 Å². The Morgan fingerprint density at radius 1 is 1.21 bits per heavy atom. The second kappa shape index (κ2) is 4.97. The summed E-state index contributed by atoms with van der Waals surface area (Å²) in [5.41, 5.74) is -0.697. The van der Waals surface area contributed by atoms with Gasteiger partial charge >= 0.3 is 0 Å². The van der Waals surface area contributed by atoms with Crippen molar-refractivity contribution in [2.24, 2.45) is 0 Å². The first-order chi connectivity index (χ1) is 8.80. The zero-order chi connectivity index (χ0) is 14.1. The molecule has 1 aromatic rings. The first kappa shape index (κ1) is 14.1. The quantitative estimate of drug-likeness (QED) is 0.761. The monoisotopic (exact) mass is 262 g/mol. The van der Waals surface area contributed by atoms with E-state index in [0.717, 1.165) is 17.9 Å². The number of hydrogen-bond donors (Lipinski definition) is 0. The van der Waals surface area contributed by atoms with Crippen molar-refractivity contribution in [3.63, 3.8) is 0 Å². The van der Waals surface area contributed by atoms with Crippen LogP contribution in [0.2, 0.25) is 0 Å². The number of rotatable bonds is 5. The van der Waals surface area contributed by atoms with Crippen LogP contribution in [0.5, 0.6) is 0 Å². The van der Waals surface area contributed by atoms with Crippen molar-refractivity contribution in [2.75, 3.05) is 0 Å². The Morgan fingerprint density at radius 3 is 2.47 bits per heavy atom. The highest BCUT2D eigenvalue weighted by Crippen LogP contribution is 2.36. The highest BCUT2D eigenvalue weighted by Gasteiger charge is 2.39. The van der Waals surface area contributed by atoms with E-state index in [-0.39, 0.29) is 17.0 Å². The highest BCUT2D eigenvalue weighted by atomic mass is 16.5. The van der Waals surface area contributed by atoms with Crippen LogP contribution in [0, 0.1) is 6.92 Å². The van der Waals surface area contributed by atoms with E-state index in [4.69, 9.17) is 9.15 Å². The molecule has 1 aliphatic rings. The third-order valence-electron chi connectivity index (χ3n) is 3.55. The van der Waals surface area contributed by atoms with Gasteiger partial charge in [0.2, 0.25) is 0 Å². The lowest BCUT2D eigenvalue weighted by atomic mass is 9.99. The molecule has 3 nitrogen and oxygen atoms in total. The maximum Gasteiger partial charge on any atom is 0.129 e. The average Bonchev–Trinajstić information content (AvgIpc) is 2.82. The maximum absolute atomic E-state index is 11.1. The van der Waals surface area contributed by atoms with E-state index in [1.165, 1.54) is 0 Å². The van der Waals surface area contributed by atoms with Crippen LogP contribution in [0.4, 0.5) is 0 Å². The van der Waals surface area contributed by atoms with Gasteiger partial charge in [-0.05, 0) is 46.2 Å². The number of aryl methyl sites for hydroxylation is 1. The van der Waals surface area contributed by atoms with Crippen molar-refractivity contribution < 1.29 is 13.9 Å². The zero-order valence-electron chi connectivity index (χ0n) is 12.2. The number of carbonyl (C=O) groups excluding carboxylic acids is 1. The maximum atomic E-state index is 11.1. The van der Waals surface area contributed by atoms with Crippen LogP contribution in [-0.2, 0) is 16.0 Å². The molecular weight excluding hydrogens is 240 g/mol. The molecule has 3 heteroatoms. The van der Waals surface area contributed by atoms with E-state index in [1.807, 2.05) is 26.0 Å². The molecule has 2 heterocycles. The third-order valence-corrected chi connectivity index (χ3v) is 3.55. The summed E-state index contributed by atoms with van der Waals surface area (Å²) in [5.74, 6) is 2.05. The molecule has 2 rings (SSSR count). The number of ether oxygens (including phenoxy) is 1. The Bertz CT molecular complexity index is 500. The van der Waals surface area contributed by atoms with Gasteiger partial charge in [0.1, 0.15) is 17.3 Å². The molecule has 0 fully saturated rings. The molecule has 0 N–H and O–H groups in total. The Hall–Kier alpha value is -1.35. The van der Waals surface area contributed by atoms with Crippen LogP contribution in [-0.4, -0.2) is 17.0 Å². The summed E-state index contributed by atoms with van der Waals surface area (Å²) in [7, 11) is 0. The van der Waals surface area contributed by atoms with Gasteiger partial charge in [-0.1, -0.05) is 12.2 Å². The van der Waals surface area contributed by atoms with Crippen LogP contribution in [0.3, 0.4) is 0 Å². The lowest BCUT2D eigenvalue weighted by Crippen LogP contribution is -2.34. The van der Waals surface area contributed by atoms with Crippen LogP contribution >= 0.6 is 0 Å². The SMILES string of the molecule is CC(=O)CCC1(C)C=CC(C)(Cc2ccc(C)o2)O1. The summed E-state index contributed by atoms with van der Waals surface area (Å²) < 4.78 is 11.8. The van der Waals surface area contributed by atoms with Crippen molar-refractivity contribution in [3.05, 3.63) is 35.8 Å². The average molecular weight is 262 g/mol. The first-order valence-corrected chi connectivity index (χ1v) is 6.76. The second-order valence-electron chi connectivity index (χ2n) is 5.95. The molecule has 2 unspecified atom stereocenters. The fourth-order valence-electron chi connectivity index (χ4n) is 2.53. The molecule has 0 amide bonds. The molecule has 1 aromatic heterocycles. The smallest absolute Gasteiger partial charge is 0.129 e. The molecule has 0 saturated carbocycles. The number of hydrogen-bond acceptors (Lipinski definition) is 3. The van der Waals surface area contributed by atoms with E-state index < -0.39 is 0 Å². The second-order valence-corrected chi connectivity index (χ2v) is 5.95. The summed E-state index contributed by atoms with van der Waals surface area (Å²) >= 11 is 0. The lowest BCUT2D eigenvalue weighted by molar-refractivity contribution is -0.120. The summed E-state index contributed by atoms with van der Waals surface area (Å²) in [6.45, 7) is 7.65. The molecule has 0 aliphatic carbocycles. The van der Waals surface area contributed by atoms with E-state index in [9.17, 15) is 4.79 Å². The molecule has 0 spiro atoms. The predicted octanol–water partition coefficient (Wildman–Crippen LogP) is 3.60. The molecule has 0 radical (unpaired) electrons. The molecule has 2 atom stereocenters. The minimum atomic E-state index is -0.351. The van der Waals surface area contributed by atoms with Gasteiger partial charge in [0.25, 0.3) is 0 Å². The minimum Gasteiger partial charge on any atom is -0.466 e. The fraction of sp³-hybridized carbons (Fsp3) is 0.562. The molecule has 104 valence electrons. The Labute approximate surface area is 114 Å². The number of ketones is 1. The normalized spacial score (nSPS) is 29.9. The van der Waals surface area contributed by atoms with E-state index in [2.05, 4.69) is 19.1 Å². The summed E-state index contributed by atoms with van der Waals surface area (Å²) in [4.78, 5) is 11.1. The van der Waals surface area contributed by atoms with Gasteiger partial charge in [-0.15, -0.1) is 0 Å². The van der Waals surface area contributed by atoms with Crippen molar-refractivity contribution >= 4 is 5.78 Å². The van der Waals surface area contributed by atoms with Gasteiger partial charge in [0.15, 0.2) is 0 Å². The summed E-state index contributed by atoms with van der Waals surface area (Å²) in [5, 5.41) is 0. The van der Waals surface area contributed by atoms with E-state index in [1.54, 1.807) is 6.92 Å². The number of furan rings is 1. The van der Waals surface area contributed by atoms with Crippen molar-refractivity contribution in [1.82, 2.24) is 0 Å². The third kappa shape index (κ3) is 3.57. The van der Waals surface area contributed by atoms with Gasteiger partial charge < -0.3 is 13.9 Å². The fourth-order valence-corrected chi connectivity index (χ4v) is 2.53. The number of Topliss-reactive ketones (excluding diaryl/α,β-unsaturated/α-hetero) is 1.